The fourth-order valence-corrected chi connectivity index (χ4v) is 11.0. The van der Waals surface area contributed by atoms with Gasteiger partial charge in [-0.2, -0.15) is 6.42 Å². The van der Waals surface area contributed by atoms with Crippen LogP contribution in [0.4, 0.5) is 0 Å². The van der Waals surface area contributed by atoms with Crippen molar-refractivity contribution in [2.75, 3.05) is 13.2 Å². The quantitative estimate of drug-likeness (QED) is 0.0642. The van der Waals surface area contributed by atoms with Gasteiger partial charge in [0.1, 0.15) is 17.8 Å². The Balaban J connectivity index is 0.000000165. The average Bonchev–Trinajstić information content (AvgIpc) is 4.41. The van der Waals surface area contributed by atoms with E-state index < -0.39 is 5.60 Å². The Hall–Kier alpha value is -7.68. The topological polar surface area (TPSA) is 46.5 Å². The molecule has 0 bridgehead atoms. The van der Waals surface area contributed by atoms with E-state index in [9.17, 15) is 9.90 Å². The van der Waals surface area contributed by atoms with Crippen LogP contribution >= 0.6 is 39.1 Å². The van der Waals surface area contributed by atoms with Crippen molar-refractivity contribution in [1.82, 2.24) is 0 Å². The molecule has 1 atom stereocenters. The monoisotopic (exact) mass is 1210 g/mol. The van der Waals surface area contributed by atoms with Crippen molar-refractivity contribution in [2.45, 2.75) is 38.2 Å². The van der Waals surface area contributed by atoms with Crippen LogP contribution in [0.3, 0.4) is 0 Å². The van der Waals surface area contributed by atoms with Crippen molar-refractivity contribution in [3.63, 3.8) is 0 Å². The zero-order valence-electron chi connectivity index (χ0n) is 48.0. The summed E-state index contributed by atoms with van der Waals surface area (Å²) < 4.78 is 5.95. The van der Waals surface area contributed by atoms with Crippen LogP contribution in [0.2, 0.25) is 10.0 Å². The number of benzene rings is 11. The van der Waals surface area contributed by atoms with Crippen LogP contribution in [0.5, 0.6) is 0 Å². The number of carbonyl (C=O) groups is 1. The van der Waals surface area contributed by atoms with Gasteiger partial charge in [-0.05, 0) is 128 Å². The van der Waals surface area contributed by atoms with Crippen molar-refractivity contribution in [2.24, 2.45) is 0 Å². The van der Waals surface area contributed by atoms with Gasteiger partial charge in [-0.3, -0.25) is 4.79 Å². The van der Waals surface area contributed by atoms with E-state index in [0.29, 0.717) is 5.02 Å². The van der Waals surface area contributed by atoms with Crippen LogP contribution in [0, 0.1) is 13.0 Å². The Morgan fingerprint density at radius 3 is 1.66 bits per heavy atom. The predicted molar refractivity (Wildman–Crippen MR) is 358 cm³/mol. The normalized spacial score (nSPS) is 12.3. The van der Waals surface area contributed by atoms with Crippen molar-refractivity contribution < 1.29 is 33.5 Å². The molecule has 1 aliphatic carbocycles. The number of ketones is 1. The second kappa shape index (κ2) is 32.0. The van der Waals surface area contributed by atoms with E-state index in [1.165, 1.54) is 41.3 Å². The van der Waals surface area contributed by atoms with Gasteiger partial charge in [0.2, 0.25) is 0 Å². The molecule has 2 aliphatic rings. The molecule has 0 spiro atoms. The molecule has 1 saturated heterocycles. The Labute approximate surface area is 532 Å². The van der Waals surface area contributed by atoms with Crippen molar-refractivity contribution >= 4 is 67.8 Å². The molecule has 7 heteroatoms. The number of ether oxygens (including phenoxy) is 1. The van der Waals surface area contributed by atoms with E-state index in [1.807, 2.05) is 206 Å². The molecule has 3 nitrogen and oxygen atoms in total. The number of aliphatic hydroxyl groups is 1. The fraction of sp³-hybridized carbons (Fsp3) is 0.103. The molecule has 11 aromatic carbocycles. The van der Waals surface area contributed by atoms with E-state index in [2.05, 4.69) is 115 Å². The molecule has 416 valence electrons. The van der Waals surface area contributed by atoms with Gasteiger partial charge in [0.05, 0.1) is 17.2 Å². The molecule has 85 heavy (non-hydrogen) atoms. The van der Waals surface area contributed by atoms with E-state index in [-0.39, 0.29) is 24.6 Å². The summed E-state index contributed by atoms with van der Waals surface area (Å²) in [5.74, 6) is 0.0587. The van der Waals surface area contributed by atoms with Crippen molar-refractivity contribution in [3.05, 3.63) is 339 Å². The first-order valence-corrected chi connectivity index (χ1v) is 29.9. The summed E-state index contributed by atoms with van der Waals surface area (Å²) in [5, 5.41) is 16.5. The number of rotatable bonds is 10. The van der Waals surface area contributed by atoms with Crippen LogP contribution in [0.25, 0.3) is 67.4 Å². The maximum absolute atomic E-state index is 12.8. The van der Waals surface area contributed by atoms with Crippen LogP contribution in [0.1, 0.15) is 76.3 Å². The van der Waals surface area contributed by atoms with Crippen LogP contribution in [-0.2, 0) is 10.3 Å². The second-order valence-electron chi connectivity index (χ2n) is 20.2. The maximum Gasteiger partial charge on any atom is 1.00 e. The molecule has 11 aromatic rings. The van der Waals surface area contributed by atoms with E-state index in [1.54, 1.807) is 0 Å². The third kappa shape index (κ3) is 16.8. The zero-order valence-corrected chi connectivity index (χ0v) is 51.1. The van der Waals surface area contributed by atoms with Gasteiger partial charge in [-0.15, -0.1) is 0 Å². The van der Waals surface area contributed by atoms with E-state index >= 15 is 0 Å². The van der Waals surface area contributed by atoms with Crippen LogP contribution in [-0.4, -0.2) is 24.1 Å². The predicted octanol–water partition coefficient (Wildman–Crippen LogP) is 18.7. The van der Waals surface area contributed by atoms with Crippen molar-refractivity contribution in [1.29, 1.82) is 0 Å². The molecule has 0 amide bonds. The van der Waals surface area contributed by atoms with Gasteiger partial charge in [0.15, 0.2) is 5.78 Å². The molecule has 13 rings (SSSR count). The molecule has 1 aliphatic heterocycles. The Morgan fingerprint density at radius 1 is 0.518 bits per heavy atom. The Kier molecular flexibility index (Phi) is 23.8. The number of hydrogen-bond acceptors (Lipinski definition) is 3. The summed E-state index contributed by atoms with van der Waals surface area (Å²) in [6, 6.07) is 88.2. The van der Waals surface area contributed by atoms with Crippen molar-refractivity contribution in [3.8, 4) is 44.5 Å². The van der Waals surface area contributed by atoms with Gasteiger partial charge in [-0.25, -0.2) is 0 Å². The van der Waals surface area contributed by atoms with Gasteiger partial charge >= 0.3 is 18.9 Å². The maximum atomic E-state index is 12.8. The number of unbranched alkanes of at least 4 members (excludes halogenated alkanes) is 1. The molecule has 0 aromatic heterocycles. The number of allylic oxidation sites excluding steroid dienone is 2. The first-order valence-electron chi connectivity index (χ1n) is 28.3. The summed E-state index contributed by atoms with van der Waals surface area (Å²) in [7, 11) is 0. The van der Waals surface area contributed by atoms with E-state index in [4.69, 9.17) is 27.9 Å². The van der Waals surface area contributed by atoms with Gasteiger partial charge in [0, 0.05) is 56.6 Å². The summed E-state index contributed by atoms with van der Waals surface area (Å²) in [4.78, 5) is 12.4. The SMILES string of the molecule is C1CCOC1.Clc1ccc(-c2ccc3c(c2)C=[C+]C=C3)c(Br)c1.O=C(c1ccccc1)c1cccc(-c2ccccc2)c1.OC(c1ccccc1)(c1cccc(-c2ccccc2)c1)c1cc(Cl)ccc1-c1ccc2ccccc2c1.[CH2-]CCC.[Li+]. The molecule has 1 N–H and O–H groups in total. The molecule has 1 heterocycles. The molecule has 0 saturated carbocycles. The Morgan fingerprint density at radius 2 is 1.04 bits per heavy atom. The van der Waals surface area contributed by atoms with Crippen LogP contribution in [0.15, 0.2) is 277 Å². The summed E-state index contributed by atoms with van der Waals surface area (Å²) in [6.45, 7) is 7.72. The van der Waals surface area contributed by atoms with Gasteiger partial charge < -0.3 is 16.8 Å². The zero-order chi connectivity index (χ0) is 58.5. The number of halogens is 3. The minimum absolute atomic E-state index is 0. The molecule has 0 radical (unpaired) electrons. The van der Waals surface area contributed by atoms with Gasteiger partial charge in [-0.1, -0.05) is 265 Å². The molecular weight excluding hydrogens is 1140 g/mol. The summed E-state index contributed by atoms with van der Waals surface area (Å²) in [5.41, 5.74) is 13.3. The summed E-state index contributed by atoms with van der Waals surface area (Å²) in [6.07, 6.45) is 13.9. The second-order valence-corrected chi connectivity index (χ2v) is 21.9. The molecule has 1 fully saturated rings. The standard InChI is InChI=1S/C35H25ClO.C19H14O.C16H9BrCl.C4H8O.C4H9.Li/c36-32-20-21-33(29-19-18-26-12-7-8-13-27(26)22-29)34(24-32)35(37,30-15-5-2-6-16-30)31-17-9-14-28(23-31)25-10-3-1-4-11-25;20-19(16-10-5-2-6-11-16)18-13-7-12-17(14-18)15-8-3-1-4-9-15;17-16-10-14(18)7-8-15(16)13-6-5-11-3-1-2-4-12(11)9-13;1-2-4-5-3-1;1-3-4-2;/h1-24,37H;1-14H;1,3-10H;1-4H2;1,3-4H2,2H3;/q;;+1;;-1;+1. The summed E-state index contributed by atoms with van der Waals surface area (Å²) >= 11 is 16.1. The van der Waals surface area contributed by atoms with E-state index in [0.717, 1.165) is 101 Å². The smallest absolute Gasteiger partial charge is 0.381 e. The molecular formula is C78H65BrCl2LiO3+. The first-order chi connectivity index (χ1) is 41.1. The minimum atomic E-state index is -1.43. The Bertz CT molecular complexity index is 3970. The minimum Gasteiger partial charge on any atom is -0.381 e. The molecule has 1 unspecified atom stereocenters. The fourth-order valence-electron chi connectivity index (χ4n) is 9.89. The number of hydrogen-bond donors (Lipinski definition) is 1. The average molecular weight is 1210 g/mol. The number of fused-ring (bicyclic) bond motifs is 2. The largest absolute Gasteiger partial charge is 1.00 e. The van der Waals surface area contributed by atoms with Crippen LogP contribution < -0.4 is 18.9 Å². The number of carbonyl (C=O) groups excluding carboxylic acids is 1. The first kappa shape index (κ1) is 63.3. The third-order valence-electron chi connectivity index (χ3n) is 14.4. The third-order valence-corrected chi connectivity index (χ3v) is 15.5. The van der Waals surface area contributed by atoms with Gasteiger partial charge in [0.25, 0.3) is 0 Å².